The van der Waals surface area contributed by atoms with Gasteiger partial charge in [0.15, 0.2) is 0 Å². The fraction of sp³-hybridized carbons (Fsp3) is 0.385. The van der Waals surface area contributed by atoms with Crippen LogP contribution in [0, 0.1) is 0 Å². The summed E-state index contributed by atoms with van der Waals surface area (Å²) in [6, 6.07) is 5.06. The lowest BCUT2D eigenvalue weighted by Gasteiger charge is -2.23. The second-order valence-corrected chi connectivity index (χ2v) is 7.01. The van der Waals surface area contributed by atoms with E-state index in [4.69, 9.17) is 0 Å². The lowest BCUT2D eigenvalue weighted by Crippen LogP contribution is -2.22. The molecule has 1 unspecified atom stereocenters. The Kier molecular flexibility index (Phi) is 3.66. The monoisotopic (exact) mass is 327 g/mol. The van der Waals surface area contributed by atoms with Crippen molar-refractivity contribution in [3.63, 3.8) is 0 Å². The van der Waals surface area contributed by atoms with Crippen LogP contribution in [0.2, 0.25) is 0 Å². The summed E-state index contributed by atoms with van der Waals surface area (Å²) in [5.41, 5.74) is 1.50. The molecule has 3 rings (SSSR count). The van der Waals surface area contributed by atoms with Crippen LogP contribution in [0.15, 0.2) is 32.7 Å². The van der Waals surface area contributed by atoms with Gasteiger partial charge in [-0.2, -0.15) is 11.3 Å². The third-order valence-corrected chi connectivity index (χ3v) is 5.94. The van der Waals surface area contributed by atoms with Gasteiger partial charge in [-0.1, -0.05) is 0 Å². The Morgan fingerprint density at radius 2 is 2.29 bits per heavy atom. The largest absolute Gasteiger partial charge is 0.291 e. The van der Waals surface area contributed by atoms with E-state index in [2.05, 4.69) is 49.1 Å². The summed E-state index contributed by atoms with van der Waals surface area (Å²) < 4.78 is 1.26. The summed E-state index contributed by atoms with van der Waals surface area (Å²) in [6.45, 7) is 2.31. The molecule has 1 atom stereocenters. The molecule has 1 aliphatic heterocycles. The molecule has 1 nitrogen and oxygen atoms in total. The highest BCUT2D eigenvalue weighted by atomic mass is 79.9. The van der Waals surface area contributed by atoms with Crippen LogP contribution in [0.4, 0.5) is 0 Å². The molecule has 0 amide bonds. The average Bonchev–Trinajstić information content (AvgIpc) is 3.02. The summed E-state index contributed by atoms with van der Waals surface area (Å²) in [7, 11) is 0. The van der Waals surface area contributed by atoms with Gasteiger partial charge >= 0.3 is 0 Å². The van der Waals surface area contributed by atoms with Crippen molar-refractivity contribution in [2.24, 2.45) is 0 Å². The normalized spacial score (nSPS) is 21.1. The lowest BCUT2D eigenvalue weighted by molar-refractivity contribution is 0.251. The van der Waals surface area contributed by atoms with E-state index in [1.807, 2.05) is 11.3 Å². The first kappa shape index (κ1) is 11.9. The maximum absolute atomic E-state index is 3.63. The van der Waals surface area contributed by atoms with E-state index >= 15 is 0 Å². The van der Waals surface area contributed by atoms with Crippen molar-refractivity contribution in [1.82, 2.24) is 4.90 Å². The highest BCUT2D eigenvalue weighted by Crippen LogP contribution is 2.36. The van der Waals surface area contributed by atoms with Gasteiger partial charge in [-0.15, -0.1) is 11.3 Å². The average molecular weight is 328 g/mol. The zero-order valence-electron chi connectivity index (χ0n) is 9.43. The van der Waals surface area contributed by atoms with Gasteiger partial charge in [-0.05, 0) is 69.2 Å². The van der Waals surface area contributed by atoms with E-state index in [0.717, 1.165) is 6.54 Å². The molecule has 3 heterocycles. The van der Waals surface area contributed by atoms with Crippen LogP contribution < -0.4 is 0 Å². The molecule has 90 valence electrons. The molecule has 2 aromatic rings. The predicted octanol–water partition coefficient (Wildman–Crippen LogP) is 4.91. The van der Waals surface area contributed by atoms with Gasteiger partial charge in [-0.25, -0.2) is 0 Å². The van der Waals surface area contributed by atoms with Gasteiger partial charge < -0.3 is 0 Å². The SMILES string of the molecule is Brc1ccsc1CN1CCCC1c1ccsc1. The van der Waals surface area contributed by atoms with Crippen molar-refractivity contribution >= 4 is 38.6 Å². The van der Waals surface area contributed by atoms with E-state index in [1.165, 1.54) is 34.3 Å². The number of nitrogens with zero attached hydrogens (tertiary/aromatic N) is 1. The van der Waals surface area contributed by atoms with Crippen LogP contribution >= 0.6 is 38.6 Å². The number of hydrogen-bond acceptors (Lipinski definition) is 3. The molecule has 0 bridgehead atoms. The summed E-state index contributed by atoms with van der Waals surface area (Å²) in [6.07, 6.45) is 2.63. The fourth-order valence-electron chi connectivity index (χ4n) is 2.48. The van der Waals surface area contributed by atoms with Gasteiger partial charge in [0.2, 0.25) is 0 Å². The molecule has 0 aliphatic carbocycles. The predicted molar refractivity (Wildman–Crippen MR) is 78.7 cm³/mol. The first-order valence-corrected chi connectivity index (χ1v) is 8.44. The van der Waals surface area contributed by atoms with Gasteiger partial charge in [-0.3, -0.25) is 4.90 Å². The Morgan fingerprint density at radius 3 is 3.00 bits per heavy atom. The van der Waals surface area contributed by atoms with Crippen LogP contribution in [0.5, 0.6) is 0 Å². The topological polar surface area (TPSA) is 3.24 Å². The summed E-state index contributed by atoms with van der Waals surface area (Å²) in [5.74, 6) is 0. The minimum atomic E-state index is 0.634. The highest BCUT2D eigenvalue weighted by Gasteiger charge is 2.26. The summed E-state index contributed by atoms with van der Waals surface area (Å²) in [5, 5.41) is 6.65. The molecule has 1 aliphatic rings. The Balaban J connectivity index is 1.77. The van der Waals surface area contributed by atoms with Crippen LogP contribution in [0.3, 0.4) is 0 Å². The molecule has 1 saturated heterocycles. The van der Waals surface area contributed by atoms with E-state index in [0.29, 0.717) is 6.04 Å². The third kappa shape index (κ3) is 2.50. The Hall–Kier alpha value is -0.160. The minimum Gasteiger partial charge on any atom is -0.291 e. The van der Waals surface area contributed by atoms with Crippen LogP contribution in [-0.4, -0.2) is 11.4 Å². The molecule has 1 fully saturated rings. The third-order valence-electron chi connectivity index (χ3n) is 3.33. The Labute approximate surface area is 118 Å². The molecule has 17 heavy (non-hydrogen) atoms. The van der Waals surface area contributed by atoms with Crippen LogP contribution in [-0.2, 0) is 6.54 Å². The number of hydrogen-bond donors (Lipinski definition) is 0. The van der Waals surface area contributed by atoms with Gasteiger partial charge in [0.25, 0.3) is 0 Å². The van der Waals surface area contributed by atoms with E-state index in [1.54, 1.807) is 11.3 Å². The molecule has 0 N–H and O–H groups in total. The van der Waals surface area contributed by atoms with Crippen molar-refractivity contribution in [3.05, 3.63) is 43.2 Å². The van der Waals surface area contributed by atoms with Gasteiger partial charge in [0.1, 0.15) is 0 Å². The number of likely N-dealkylation sites (tertiary alicyclic amines) is 1. The van der Waals surface area contributed by atoms with Crippen LogP contribution in [0.1, 0.15) is 29.3 Å². The van der Waals surface area contributed by atoms with Crippen molar-refractivity contribution in [2.75, 3.05) is 6.54 Å². The van der Waals surface area contributed by atoms with Crippen molar-refractivity contribution in [3.8, 4) is 0 Å². The lowest BCUT2D eigenvalue weighted by atomic mass is 10.1. The van der Waals surface area contributed by atoms with Crippen molar-refractivity contribution in [2.45, 2.75) is 25.4 Å². The second kappa shape index (κ2) is 5.22. The maximum Gasteiger partial charge on any atom is 0.0360 e. The zero-order valence-corrected chi connectivity index (χ0v) is 12.7. The Morgan fingerprint density at radius 1 is 1.35 bits per heavy atom. The molecule has 0 aromatic carbocycles. The molecular formula is C13H14BrNS2. The molecule has 4 heteroatoms. The number of rotatable bonds is 3. The van der Waals surface area contributed by atoms with Crippen LogP contribution in [0.25, 0.3) is 0 Å². The zero-order chi connectivity index (χ0) is 11.7. The molecular weight excluding hydrogens is 314 g/mol. The molecule has 0 radical (unpaired) electrons. The maximum atomic E-state index is 3.63. The first-order chi connectivity index (χ1) is 8.34. The van der Waals surface area contributed by atoms with Gasteiger partial charge in [0.05, 0.1) is 0 Å². The second-order valence-electron chi connectivity index (χ2n) is 4.38. The minimum absolute atomic E-state index is 0.634. The van der Waals surface area contributed by atoms with E-state index < -0.39 is 0 Å². The van der Waals surface area contributed by atoms with E-state index in [-0.39, 0.29) is 0 Å². The summed E-state index contributed by atoms with van der Waals surface area (Å²) in [4.78, 5) is 4.06. The standard InChI is InChI=1S/C13H14BrNS2/c14-11-4-7-17-13(11)8-15-5-1-2-12(15)10-3-6-16-9-10/h3-4,6-7,9,12H,1-2,5,8H2. The van der Waals surface area contributed by atoms with Gasteiger partial charge in [0, 0.05) is 21.9 Å². The van der Waals surface area contributed by atoms with E-state index in [9.17, 15) is 0 Å². The first-order valence-electron chi connectivity index (χ1n) is 5.82. The highest BCUT2D eigenvalue weighted by molar-refractivity contribution is 9.10. The van der Waals surface area contributed by atoms with Crippen molar-refractivity contribution in [1.29, 1.82) is 0 Å². The quantitative estimate of drug-likeness (QED) is 0.774. The smallest absolute Gasteiger partial charge is 0.0360 e. The van der Waals surface area contributed by atoms with Crippen molar-refractivity contribution < 1.29 is 0 Å². The number of thiophene rings is 2. The molecule has 2 aromatic heterocycles. The fourth-order valence-corrected chi connectivity index (χ4v) is 4.69. The Bertz CT molecular complexity index is 477. The number of halogens is 1. The summed E-state index contributed by atoms with van der Waals surface area (Å²) >= 11 is 7.28. The molecule has 0 saturated carbocycles. The molecule has 0 spiro atoms.